The Kier molecular flexibility index (Phi) is 3.11. The number of carbonyl (C=O) groups is 1. The van der Waals surface area contributed by atoms with E-state index < -0.39 is 5.97 Å². The molecule has 0 aliphatic carbocycles. The number of hydrogen-bond acceptors (Lipinski definition) is 5. The summed E-state index contributed by atoms with van der Waals surface area (Å²) in [6.45, 7) is 0. The van der Waals surface area contributed by atoms with Crippen LogP contribution in [0.4, 0.5) is 0 Å². The lowest BCUT2D eigenvalue weighted by Gasteiger charge is -2.03. The van der Waals surface area contributed by atoms with Crippen LogP contribution in [-0.4, -0.2) is 26.0 Å². The Bertz CT molecular complexity index is 504. The first kappa shape index (κ1) is 10.6. The highest BCUT2D eigenvalue weighted by atomic mass is 32.2. The minimum absolute atomic E-state index is 0.165. The molecule has 0 saturated heterocycles. The van der Waals surface area contributed by atoms with Crippen LogP contribution in [-0.2, 0) is 0 Å². The zero-order valence-electron chi connectivity index (χ0n) is 8.07. The smallest absolute Gasteiger partial charge is 0.338 e. The molecule has 16 heavy (non-hydrogen) atoms. The molecule has 0 radical (unpaired) electrons. The van der Waals surface area contributed by atoms with Crippen LogP contribution in [0.5, 0.6) is 0 Å². The maximum Gasteiger partial charge on any atom is 0.338 e. The minimum Gasteiger partial charge on any atom is -0.478 e. The molecule has 2 aromatic heterocycles. The maximum absolute atomic E-state index is 10.9. The second-order valence-corrected chi connectivity index (χ2v) is 3.88. The molecular formula is C10H7N3O2S. The second-order valence-electron chi connectivity index (χ2n) is 2.82. The number of nitrogens with zero attached hydrogens (tertiary/aromatic N) is 3. The van der Waals surface area contributed by atoms with E-state index in [-0.39, 0.29) is 5.56 Å². The van der Waals surface area contributed by atoms with E-state index in [1.54, 1.807) is 30.9 Å². The van der Waals surface area contributed by atoms with E-state index in [2.05, 4.69) is 15.0 Å². The lowest BCUT2D eigenvalue weighted by atomic mass is 10.3. The number of carboxylic acids is 1. The van der Waals surface area contributed by atoms with Crippen LogP contribution in [0.15, 0.2) is 47.0 Å². The van der Waals surface area contributed by atoms with Crippen LogP contribution in [0, 0.1) is 0 Å². The standard InChI is InChI=1S/C10H7N3O2S/c14-10(15)7-5-11-2-1-8(7)16-9-6-12-3-4-13-9/h1-6H,(H,14,15). The van der Waals surface area contributed by atoms with Gasteiger partial charge in [-0.15, -0.1) is 0 Å². The molecule has 0 aromatic carbocycles. The normalized spacial score (nSPS) is 10.0. The molecule has 2 rings (SSSR count). The van der Waals surface area contributed by atoms with Gasteiger partial charge in [0.1, 0.15) is 5.03 Å². The third-order valence-electron chi connectivity index (χ3n) is 1.77. The Morgan fingerprint density at radius 2 is 2.00 bits per heavy atom. The van der Waals surface area contributed by atoms with Crippen molar-refractivity contribution >= 4 is 17.7 Å². The van der Waals surface area contributed by atoms with Gasteiger partial charge in [0, 0.05) is 29.7 Å². The zero-order valence-corrected chi connectivity index (χ0v) is 8.89. The van der Waals surface area contributed by atoms with Crippen LogP contribution >= 0.6 is 11.8 Å². The molecule has 0 aliphatic rings. The van der Waals surface area contributed by atoms with Crippen molar-refractivity contribution in [1.82, 2.24) is 15.0 Å². The van der Waals surface area contributed by atoms with Gasteiger partial charge in [0.2, 0.25) is 0 Å². The highest BCUT2D eigenvalue weighted by molar-refractivity contribution is 7.99. The molecule has 2 aromatic rings. The fourth-order valence-electron chi connectivity index (χ4n) is 1.08. The molecular weight excluding hydrogens is 226 g/mol. The summed E-state index contributed by atoms with van der Waals surface area (Å²) in [6.07, 6.45) is 7.57. The van der Waals surface area contributed by atoms with Crippen LogP contribution < -0.4 is 0 Å². The molecule has 0 atom stereocenters. The fourth-order valence-corrected chi connectivity index (χ4v) is 1.91. The SMILES string of the molecule is O=C(O)c1cnccc1Sc1cnccn1. The van der Waals surface area contributed by atoms with Crippen molar-refractivity contribution in [2.45, 2.75) is 9.92 Å². The molecule has 80 valence electrons. The highest BCUT2D eigenvalue weighted by Crippen LogP contribution is 2.27. The molecule has 0 amide bonds. The largest absolute Gasteiger partial charge is 0.478 e. The molecule has 2 heterocycles. The lowest BCUT2D eigenvalue weighted by molar-refractivity contribution is 0.0692. The quantitative estimate of drug-likeness (QED) is 0.869. The van der Waals surface area contributed by atoms with Crippen molar-refractivity contribution in [3.8, 4) is 0 Å². The highest BCUT2D eigenvalue weighted by Gasteiger charge is 2.11. The molecule has 0 bridgehead atoms. The van der Waals surface area contributed by atoms with Gasteiger partial charge in [-0.2, -0.15) is 0 Å². The molecule has 5 nitrogen and oxygen atoms in total. The average Bonchev–Trinajstić information content (AvgIpc) is 2.31. The minimum atomic E-state index is -1.00. The van der Waals surface area contributed by atoms with Crippen molar-refractivity contribution in [3.63, 3.8) is 0 Å². The maximum atomic E-state index is 10.9. The monoisotopic (exact) mass is 233 g/mol. The summed E-state index contributed by atoms with van der Waals surface area (Å²) in [4.78, 5) is 23.3. The van der Waals surface area contributed by atoms with Crippen molar-refractivity contribution in [1.29, 1.82) is 0 Å². The first-order valence-corrected chi connectivity index (χ1v) is 5.20. The van der Waals surface area contributed by atoms with Crippen LogP contribution in [0.2, 0.25) is 0 Å². The second kappa shape index (κ2) is 4.71. The Hall–Kier alpha value is -1.95. The first-order chi connectivity index (χ1) is 7.77. The molecule has 0 saturated carbocycles. The number of aromatic nitrogens is 3. The van der Waals surface area contributed by atoms with E-state index in [1.165, 1.54) is 18.0 Å². The zero-order chi connectivity index (χ0) is 11.4. The number of pyridine rings is 1. The van der Waals surface area contributed by atoms with Crippen LogP contribution in [0.25, 0.3) is 0 Å². The van der Waals surface area contributed by atoms with Gasteiger partial charge in [0.15, 0.2) is 0 Å². The van der Waals surface area contributed by atoms with Crippen molar-refractivity contribution in [3.05, 3.63) is 42.6 Å². The predicted molar refractivity (Wildman–Crippen MR) is 57.4 cm³/mol. The van der Waals surface area contributed by atoms with Crippen LogP contribution in [0.3, 0.4) is 0 Å². The lowest BCUT2D eigenvalue weighted by Crippen LogP contribution is -1.99. The Labute approximate surface area is 95.6 Å². The number of carboxylic acid groups (broad SMARTS) is 1. The van der Waals surface area contributed by atoms with Crippen molar-refractivity contribution < 1.29 is 9.90 Å². The number of aromatic carboxylic acids is 1. The van der Waals surface area contributed by atoms with E-state index >= 15 is 0 Å². The van der Waals surface area contributed by atoms with Gasteiger partial charge in [-0.25, -0.2) is 9.78 Å². The van der Waals surface area contributed by atoms with Gasteiger partial charge in [0.25, 0.3) is 0 Å². The van der Waals surface area contributed by atoms with E-state index in [0.29, 0.717) is 9.92 Å². The summed E-state index contributed by atoms with van der Waals surface area (Å²) >= 11 is 1.25. The van der Waals surface area contributed by atoms with Gasteiger partial charge >= 0.3 is 5.97 Å². The van der Waals surface area contributed by atoms with Gasteiger partial charge in [-0.1, -0.05) is 11.8 Å². The first-order valence-electron chi connectivity index (χ1n) is 4.38. The number of rotatable bonds is 3. The van der Waals surface area contributed by atoms with E-state index in [9.17, 15) is 4.79 Å². The van der Waals surface area contributed by atoms with Gasteiger partial charge in [0.05, 0.1) is 11.8 Å². The van der Waals surface area contributed by atoms with Gasteiger partial charge in [-0.3, -0.25) is 9.97 Å². The summed E-state index contributed by atoms with van der Waals surface area (Å²) in [6, 6.07) is 1.64. The summed E-state index contributed by atoms with van der Waals surface area (Å²) < 4.78 is 0. The van der Waals surface area contributed by atoms with Crippen LogP contribution in [0.1, 0.15) is 10.4 Å². The molecule has 0 fully saturated rings. The van der Waals surface area contributed by atoms with E-state index in [0.717, 1.165) is 0 Å². The summed E-state index contributed by atoms with van der Waals surface area (Å²) in [5.74, 6) is -1.00. The molecule has 0 aliphatic heterocycles. The third-order valence-corrected chi connectivity index (χ3v) is 2.76. The summed E-state index contributed by atoms with van der Waals surface area (Å²) in [5, 5.41) is 9.60. The molecule has 1 N–H and O–H groups in total. The van der Waals surface area contributed by atoms with E-state index in [1.807, 2.05) is 0 Å². The van der Waals surface area contributed by atoms with Gasteiger partial charge < -0.3 is 5.11 Å². The Balaban J connectivity index is 2.31. The van der Waals surface area contributed by atoms with Crippen molar-refractivity contribution in [2.75, 3.05) is 0 Å². The Morgan fingerprint density at radius 3 is 2.69 bits per heavy atom. The third kappa shape index (κ3) is 2.34. The summed E-state index contributed by atoms with van der Waals surface area (Å²) in [5.41, 5.74) is 0.165. The molecule has 0 unspecified atom stereocenters. The number of hydrogen-bond donors (Lipinski definition) is 1. The predicted octanol–water partition coefficient (Wildman–Crippen LogP) is 1.72. The fraction of sp³-hybridized carbons (Fsp3) is 0. The van der Waals surface area contributed by atoms with E-state index in [4.69, 9.17) is 5.11 Å². The molecule has 6 heteroatoms. The average molecular weight is 233 g/mol. The summed E-state index contributed by atoms with van der Waals surface area (Å²) in [7, 11) is 0. The Morgan fingerprint density at radius 1 is 1.19 bits per heavy atom. The topological polar surface area (TPSA) is 76.0 Å². The van der Waals surface area contributed by atoms with Crippen molar-refractivity contribution in [2.24, 2.45) is 0 Å². The van der Waals surface area contributed by atoms with Gasteiger partial charge in [-0.05, 0) is 6.07 Å². The molecule has 0 spiro atoms.